The molecule has 0 saturated heterocycles. The maximum absolute atomic E-state index is 13.3. The van der Waals surface area contributed by atoms with Crippen LogP contribution in [0.5, 0.6) is 0 Å². The number of rotatable bonds is 2. The Balaban J connectivity index is 1.93. The number of benzene rings is 1. The summed E-state index contributed by atoms with van der Waals surface area (Å²) in [5.41, 5.74) is 1.38. The standard InChI is InChI=1S/C14H10FNO4/c15-9-2-1-8-5-6-16(10(8)7-9)13(17)11-3-4-12(20-11)14(18)19/h1-4,7H,5-6H2,(H,18,19). The van der Waals surface area contributed by atoms with E-state index in [1.165, 1.54) is 29.2 Å². The van der Waals surface area contributed by atoms with Crippen LogP contribution in [0.25, 0.3) is 0 Å². The topological polar surface area (TPSA) is 70.8 Å². The molecule has 1 aromatic heterocycles. The summed E-state index contributed by atoms with van der Waals surface area (Å²) in [6, 6.07) is 6.81. The quantitative estimate of drug-likeness (QED) is 0.913. The summed E-state index contributed by atoms with van der Waals surface area (Å²) >= 11 is 0. The predicted molar refractivity (Wildman–Crippen MR) is 67.4 cm³/mol. The first-order valence-electron chi connectivity index (χ1n) is 5.99. The van der Waals surface area contributed by atoms with Crippen LogP contribution in [0, 0.1) is 5.82 Å². The van der Waals surface area contributed by atoms with Crippen LogP contribution in [-0.4, -0.2) is 23.5 Å². The zero-order valence-corrected chi connectivity index (χ0v) is 10.3. The van der Waals surface area contributed by atoms with Gasteiger partial charge in [0.2, 0.25) is 5.76 Å². The Morgan fingerprint density at radius 1 is 1.20 bits per heavy atom. The minimum Gasteiger partial charge on any atom is -0.475 e. The third-order valence-electron chi connectivity index (χ3n) is 3.22. The maximum Gasteiger partial charge on any atom is 0.371 e. The monoisotopic (exact) mass is 275 g/mol. The molecule has 1 aromatic carbocycles. The van der Waals surface area contributed by atoms with Crippen molar-refractivity contribution < 1.29 is 23.5 Å². The van der Waals surface area contributed by atoms with Crippen LogP contribution in [0.2, 0.25) is 0 Å². The zero-order valence-electron chi connectivity index (χ0n) is 10.3. The molecule has 3 rings (SSSR count). The molecule has 2 heterocycles. The minimum atomic E-state index is -1.24. The number of anilines is 1. The Morgan fingerprint density at radius 3 is 2.65 bits per heavy atom. The number of carbonyl (C=O) groups excluding carboxylic acids is 1. The SMILES string of the molecule is O=C(O)c1ccc(C(=O)N2CCc3ccc(F)cc32)o1. The normalized spacial score (nSPS) is 13.3. The van der Waals surface area contributed by atoms with Crippen molar-refractivity contribution in [2.24, 2.45) is 0 Å². The van der Waals surface area contributed by atoms with Gasteiger partial charge < -0.3 is 14.4 Å². The number of hydrogen-bond donors (Lipinski definition) is 1. The molecule has 1 aliphatic heterocycles. The molecule has 0 spiro atoms. The van der Waals surface area contributed by atoms with E-state index in [0.717, 1.165) is 5.56 Å². The summed E-state index contributed by atoms with van der Waals surface area (Å²) in [5.74, 6) is -2.50. The fourth-order valence-electron chi connectivity index (χ4n) is 2.26. The lowest BCUT2D eigenvalue weighted by molar-refractivity contribution is 0.0660. The second-order valence-electron chi connectivity index (χ2n) is 4.45. The predicted octanol–water partition coefficient (Wildman–Crippen LogP) is 2.32. The Hall–Kier alpha value is -2.63. The number of halogens is 1. The van der Waals surface area contributed by atoms with E-state index in [9.17, 15) is 14.0 Å². The first-order valence-corrected chi connectivity index (χ1v) is 5.99. The molecular weight excluding hydrogens is 265 g/mol. The van der Waals surface area contributed by atoms with Gasteiger partial charge in [0.05, 0.1) is 5.69 Å². The second-order valence-corrected chi connectivity index (χ2v) is 4.45. The molecule has 5 nitrogen and oxygen atoms in total. The third kappa shape index (κ3) is 1.95. The van der Waals surface area contributed by atoms with E-state index in [2.05, 4.69) is 0 Å². The van der Waals surface area contributed by atoms with Gasteiger partial charge in [-0.05, 0) is 36.2 Å². The van der Waals surface area contributed by atoms with Crippen molar-refractivity contribution in [2.75, 3.05) is 11.4 Å². The number of carbonyl (C=O) groups is 2. The van der Waals surface area contributed by atoms with E-state index in [1.54, 1.807) is 6.07 Å². The van der Waals surface area contributed by atoms with Crippen molar-refractivity contribution in [3.05, 3.63) is 53.2 Å². The van der Waals surface area contributed by atoms with E-state index in [-0.39, 0.29) is 11.5 Å². The van der Waals surface area contributed by atoms with Crippen molar-refractivity contribution in [3.8, 4) is 0 Å². The smallest absolute Gasteiger partial charge is 0.371 e. The summed E-state index contributed by atoms with van der Waals surface area (Å²) in [5, 5.41) is 8.77. The number of hydrogen-bond acceptors (Lipinski definition) is 3. The van der Waals surface area contributed by atoms with E-state index in [0.29, 0.717) is 18.7 Å². The van der Waals surface area contributed by atoms with E-state index < -0.39 is 17.7 Å². The third-order valence-corrected chi connectivity index (χ3v) is 3.22. The molecule has 0 aliphatic carbocycles. The van der Waals surface area contributed by atoms with Gasteiger partial charge in [-0.3, -0.25) is 4.79 Å². The maximum atomic E-state index is 13.3. The molecular formula is C14H10FNO4. The fraction of sp³-hybridized carbons (Fsp3) is 0.143. The second kappa shape index (κ2) is 4.48. The van der Waals surface area contributed by atoms with Gasteiger partial charge in [-0.15, -0.1) is 0 Å². The number of amides is 1. The highest BCUT2D eigenvalue weighted by atomic mass is 19.1. The molecule has 0 bridgehead atoms. The Labute approximate surface area is 113 Å². The summed E-state index contributed by atoms with van der Waals surface area (Å²) in [6.07, 6.45) is 0.633. The van der Waals surface area contributed by atoms with Crippen molar-refractivity contribution in [1.29, 1.82) is 0 Å². The lowest BCUT2D eigenvalue weighted by Gasteiger charge is -2.15. The molecule has 2 aromatic rings. The number of carboxylic acids is 1. The van der Waals surface area contributed by atoms with Crippen molar-refractivity contribution in [1.82, 2.24) is 0 Å². The molecule has 6 heteroatoms. The molecule has 0 radical (unpaired) electrons. The van der Waals surface area contributed by atoms with Gasteiger partial charge in [0.25, 0.3) is 5.91 Å². The Morgan fingerprint density at radius 2 is 1.95 bits per heavy atom. The van der Waals surface area contributed by atoms with Crippen LogP contribution in [0.3, 0.4) is 0 Å². The number of furan rings is 1. The van der Waals surface area contributed by atoms with Gasteiger partial charge in [0.1, 0.15) is 5.82 Å². The van der Waals surface area contributed by atoms with Gasteiger partial charge in [0, 0.05) is 6.54 Å². The number of nitrogens with zero attached hydrogens (tertiary/aromatic N) is 1. The highest BCUT2D eigenvalue weighted by molar-refractivity contribution is 6.06. The van der Waals surface area contributed by atoms with Gasteiger partial charge in [-0.25, -0.2) is 9.18 Å². The lowest BCUT2D eigenvalue weighted by atomic mass is 10.2. The lowest BCUT2D eigenvalue weighted by Crippen LogP contribution is -2.28. The molecule has 0 atom stereocenters. The largest absolute Gasteiger partial charge is 0.475 e. The van der Waals surface area contributed by atoms with Crippen molar-refractivity contribution in [2.45, 2.75) is 6.42 Å². The molecule has 20 heavy (non-hydrogen) atoms. The van der Waals surface area contributed by atoms with Crippen LogP contribution in [-0.2, 0) is 6.42 Å². The summed E-state index contributed by atoms with van der Waals surface area (Å²) in [4.78, 5) is 24.4. The molecule has 1 amide bonds. The zero-order chi connectivity index (χ0) is 14.3. The number of carboxylic acid groups (broad SMARTS) is 1. The molecule has 102 valence electrons. The van der Waals surface area contributed by atoms with Crippen molar-refractivity contribution in [3.63, 3.8) is 0 Å². The molecule has 0 fully saturated rings. The first kappa shape index (κ1) is 12.4. The van der Waals surface area contributed by atoms with Crippen LogP contribution in [0.4, 0.5) is 10.1 Å². The van der Waals surface area contributed by atoms with E-state index in [4.69, 9.17) is 9.52 Å². The molecule has 1 aliphatic rings. The van der Waals surface area contributed by atoms with Gasteiger partial charge in [-0.2, -0.15) is 0 Å². The van der Waals surface area contributed by atoms with Crippen LogP contribution in [0.15, 0.2) is 34.7 Å². The average Bonchev–Trinajstić information content (AvgIpc) is 3.04. The fourth-order valence-corrected chi connectivity index (χ4v) is 2.26. The summed E-state index contributed by atoms with van der Waals surface area (Å²) < 4.78 is 18.3. The van der Waals surface area contributed by atoms with E-state index >= 15 is 0 Å². The van der Waals surface area contributed by atoms with Gasteiger partial charge in [0.15, 0.2) is 5.76 Å². The highest BCUT2D eigenvalue weighted by Gasteiger charge is 2.28. The number of aromatic carboxylic acids is 1. The number of fused-ring (bicyclic) bond motifs is 1. The minimum absolute atomic E-state index is 0.0699. The summed E-state index contributed by atoms with van der Waals surface area (Å²) in [6.45, 7) is 0.417. The summed E-state index contributed by atoms with van der Waals surface area (Å²) in [7, 11) is 0. The Bertz CT molecular complexity index is 707. The molecule has 0 unspecified atom stereocenters. The van der Waals surface area contributed by atoms with Crippen LogP contribution >= 0.6 is 0 Å². The first-order chi connectivity index (χ1) is 9.56. The highest BCUT2D eigenvalue weighted by Crippen LogP contribution is 2.30. The van der Waals surface area contributed by atoms with Gasteiger partial charge in [-0.1, -0.05) is 6.07 Å². The Kier molecular flexibility index (Phi) is 2.78. The van der Waals surface area contributed by atoms with Crippen LogP contribution in [0.1, 0.15) is 26.7 Å². The van der Waals surface area contributed by atoms with E-state index in [1.807, 2.05) is 0 Å². The van der Waals surface area contributed by atoms with Gasteiger partial charge >= 0.3 is 5.97 Å². The van der Waals surface area contributed by atoms with Crippen LogP contribution < -0.4 is 4.90 Å². The molecule has 0 saturated carbocycles. The van der Waals surface area contributed by atoms with Crippen molar-refractivity contribution >= 4 is 17.6 Å². The molecule has 1 N–H and O–H groups in total. The average molecular weight is 275 g/mol.